The molecule has 0 spiro atoms. The van der Waals surface area contributed by atoms with Gasteiger partial charge in [0.1, 0.15) is 18.0 Å². The number of carbonyl (C=O) groups excluding carboxylic acids is 2. The average Bonchev–Trinajstić information content (AvgIpc) is 2.36. The van der Waals surface area contributed by atoms with Gasteiger partial charge in [-0.05, 0) is 32.9 Å². The molecule has 116 valence electrons. The second-order valence-corrected chi connectivity index (χ2v) is 5.35. The van der Waals surface area contributed by atoms with Crippen molar-refractivity contribution in [2.75, 3.05) is 24.7 Å². The van der Waals surface area contributed by atoms with Crippen LogP contribution in [0.4, 0.5) is 15.8 Å². The number of hydrogen-bond acceptors (Lipinski definition) is 6. The van der Waals surface area contributed by atoms with Gasteiger partial charge in [-0.2, -0.15) is 0 Å². The summed E-state index contributed by atoms with van der Waals surface area (Å²) in [6, 6.07) is 2.19. The number of nitrogens with one attached hydrogen (secondary N) is 1. The highest BCUT2D eigenvalue weighted by molar-refractivity contribution is 5.96. The lowest BCUT2D eigenvalue weighted by atomic mass is 10.1. The maximum Gasteiger partial charge on any atom is 0.340 e. The number of halogens is 1. The van der Waals surface area contributed by atoms with Crippen molar-refractivity contribution in [3.63, 3.8) is 0 Å². The average molecular weight is 298 g/mol. The van der Waals surface area contributed by atoms with Crippen LogP contribution in [0, 0.1) is 5.82 Å². The van der Waals surface area contributed by atoms with Crippen LogP contribution in [0.5, 0.6) is 0 Å². The van der Waals surface area contributed by atoms with Crippen molar-refractivity contribution in [2.45, 2.75) is 26.4 Å². The molecule has 0 bridgehead atoms. The van der Waals surface area contributed by atoms with Crippen molar-refractivity contribution in [1.82, 2.24) is 0 Å². The summed E-state index contributed by atoms with van der Waals surface area (Å²) >= 11 is 0. The minimum Gasteiger partial charge on any atom is -0.465 e. The van der Waals surface area contributed by atoms with Gasteiger partial charge in [-0.3, -0.25) is 4.79 Å². The van der Waals surface area contributed by atoms with Crippen molar-refractivity contribution in [1.29, 1.82) is 0 Å². The first-order valence-corrected chi connectivity index (χ1v) is 6.27. The van der Waals surface area contributed by atoms with Crippen molar-refractivity contribution < 1.29 is 23.5 Å². The van der Waals surface area contributed by atoms with Gasteiger partial charge in [0.05, 0.1) is 18.4 Å². The SMILES string of the molecule is COC(=O)c1cc(F)c(NCC(=O)OC(C)(C)C)cc1N. The Balaban J connectivity index is 2.80. The summed E-state index contributed by atoms with van der Waals surface area (Å²) < 4.78 is 23.4. The number of ether oxygens (including phenoxy) is 2. The van der Waals surface area contributed by atoms with E-state index in [9.17, 15) is 14.0 Å². The van der Waals surface area contributed by atoms with Gasteiger partial charge in [0, 0.05) is 5.69 Å². The molecule has 0 unspecified atom stereocenters. The van der Waals surface area contributed by atoms with Crippen LogP contribution in [0.25, 0.3) is 0 Å². The van der Waals surface area contributed by atoms with E-state index in [0.29, 0.717) is 0 Å². The fourth-order valence-corrected chi connectivity index (χ4v) is 1.56. The lowest BCUT2D eigenvalue weighted by Gasteiger charge is -2.20. The van der Waals surface area contributed by atoms with Gasteiger partial charge in [-0.1, -0.05) is 0 Å². The second kappa shape index (κ2) is 6.43. The van der Waals surface area contributed by atoms with Gasteiger partial charge < -0.3 is 20.5 Å². The van der Waals surface area contributed by atoms with E-state index in [4.69, 9.17) is 10.5 Å². The van der Waals surface area contributed by atoms with E-state index in [1.807, 2.05) is 0 Å². The zero-order chi connectivity index (χ0) is 16.2. The molecule has 0 aliphatic rings. The first kappa shape index (κ1) is 16.7. The molecule has 21 heavy (non-hydrogen) atoms. The number of nitrogens with two attached hydrogens (primary N) is 1. The molecular formula is C14H19FN2O4. The molecule has 1 rings (SSSR count). The molecular weight excluding hydrogens is 279 g/mol. The number of benzene rings is 1. The molecule has 0 radical (unpaired) electrons. The summed E-state index contributed by atoms with van der Waals surface area (Å²) in [4.78, 5) is 22.9. The van der Waals surface area contributed by atoms with Crippen LogP contribution in [-0.4, -0.2) is 31.2 Å². The van der Waals surface area contributed by atoms with Gasteiger partial charge in [0.25, 0.3) is 0 Å². The number of nitrogen functional groups attached to an aromatic ring is 1. The third-order valence-corrected chi connectivity index (χ3v) is 2.39. The lowest BCUT2D eigenvalue weighted by Crippen LogP contribution is -2.28. The van der Waals surface area contributed by atoms with E-state index in [1.54, 1.807) is 20.8 Å². The maximum absolute atomic E-state index is 13.8. The molecule has 3 N–H and O–H groups in total. The molecule has 0 heterocycles. The molecule has 1 aromatic carbocycles. The normalized spacial score (nSPS) is 10.9. The van der Waals surface area contributed by atoms with E-state index in [1.165, 1.54) is 13.2 Å². The van der Waals surface area contributed by atoms with Crippen molar-refractivity contribution in [3.05, 3.63) is 23.5 Å². The summed E-state index contributed by atoms with van der Waals surface area (Å²) in [5.74, 6) is -1.98. The Labute approximate surface area is 122 Å². The quantitative estimate of drug-likeness (QED) is 0.652. The number of esters is 2. The fourth-order valence-electron chi connectivity index (χ4n) is 1.56. The van der Waals surface area contributed by atoms with Crippen molar-refractivity contribution in [2.24, 2.45) is 0 Å². The minimum absolute atomic E-state index is 0.00557. The first-order chi connectivity index (χ1) is 9.64. The molecule has 7 heteroatoms. The third-order valence-electron chi connectivity index (χ3n) is 2.39. The van der Waals surface area contributed by atoms with E-state index in [0.717, 1.165) is 6.07 Å². The smallest absolute Gasteiger partial charge is 0.340 e. The Morgan fingerprint density at radius 2 is 1.95 bits per heavy atom. The predicted molar refractivity (Wildman–Crippen MR) is 76.5 cm³/mol. The number of carbonyl (C=O) groups is 2. The summed E-state index contributed by atoms with van der Waals surface area (Å²) in [6.07, 6.45) is 0. The molecule has 0 saturated heterocycles. The fraction of sp³-hybridized carbons (Fsp3) is 0.429. The van der Waals surface area contributed by atoms with Crippen LogP contribution < -0.4 is 11.1 Å². The zero-order valence-corrected chi connectivity index (χ0v) is 12.5. The van der Waals surface area contributed by atoms with Crippen LogP contribution in [0.15, 0.2) is 12.1 Å². The first-order valence-electron chi connectivity index (χ1n) is 6.27. The molecule has 0 fully saturated rings. The molecule has 0 saturated carbocycles. The van der Waals surface area contributed by atoms with Gasteiger partial charge in [-0.15, -0.1) is 0 Å². The van der Waals surface area contributed by atoms with Gasteiger partial charge in [-0.25, -0.2) is 9.18 Å². The topological polar surface area (TPSA) is 90.6 Å². The maximum atomic E-state index is 13.8. The van der Waals surface area contributed by atoms with E-state index in [2.05, 4.69) is 10.1 Å². The molecule has 0 amide bonds. The highest BCUT2D eigenvalue weighted by Gasteiger charge is 2.18. The summed E-state index contributed by atoms with van der Waals surface area (Å²) in [7, 11) is 1.17. The number of hydrogen-bond donors (Lipinski definition) is 2. The standard InChI is InChI=1S/C14H19FN2O4/c1-14(2,3)21-12(18)7-17-11-6-10(16)8(5-9(11)15)13(19)20-4/h5-6,17H,7,16H2,1-4H3. The summed E-state index contributed by atoms with van der Waals surface area (Å²) in [5.41, 5.74) is 5.02. The predicted octanol–water partition coefficient (Wildman–Crippen LogP) is 1.95. The largest absolute Gasteiger partial charge is 0.465 e. The highest BCUT2D eigenvalue weighted by Crippen LogP contribution is 2.23. The molecule has 0 atom stereocenters. The minimum atomic E-state index is -0.731. The van der Waals surface area contributed by atoms with Crippen LogP contribution in [-0.2, 0) is 14.3 Å². The van der Waals surface area contributed by atoms with Crippen LogP contribution in [0.2, 0.25) is 0 Å². The van der Waals surface area contributed by atoms with Crippen LogP contribution >= 0.6 is 0 Å². The number of rotatable bonds is 4. The van der Waals surface area contributed by atoms with E-state index >= 15 is 0 Å². The van der Waals surface area contributed by atoms with Crippen LogP contribution in [0.3, 0.4) is 0 Å². The Hall–Kier alpha value is -2.31. The Bertz CT molecular complexity index is 553. The Morgan fingerprint density at radius 1 is 1.33 bits per heavy atom. The van der Waals surface area contributed by atoms with Gasteiger partial charge in [0.2, 0.25) is 0 Å². The summed E-state index contributed by atoms with van der Waals surface area (Å²) in [6.45, 7) is 4.98. The van der Waals surface area contributed by atoms with Crippen molar-refractivity contribution >= 4 is 23.3 Å². The molecule has 0 aliphatic carbocycles. The third kappa shape index (κ3) is 4.94. The molecule has 6 nitrogen and oxygen atoms in total. The highest BCUT2D eigenvalue weighted by atomic mass is 19.1. The zero-order valence-electron chi connectivity index (χ0n) is 12.5. The Kier molecular flexibility index (Phi) is 5.12. The second-order valence-electron chi connectivity index (χ2n) is 5.35. The van der Waals surface area contributed by atoms with Gasteiger partial charge in [0.15, 0.2) is 0 Å². The molecule has 0 aromatic heterocycles. The van der Waals surface area contributed by atoms with Gasteiger partial charge >= 0.3 is 11.9 Å². The monoisotopic (exact) mass is 298 g/mol. The van der Waals surface area contributed by atoms with E-state index < -0.39 is 23.4 Å². The lowest BCUT2D eigenvalue weighted by molar-refractivity contribution is -0.152. The molecule has 0 aliphatic heterocycles. The number of methoxy groups -OCH3 is 1. The molecule has 1 aromatic rings. The van der Waals surface area contributed by atoms with Crippen molar-refractivity contribution in [3.8, 4) is 0 Å². The number of anilines is 2. The Morgan fingerprint density at radius 3 is 2.48 bits per heavy atom. The summed E-state index contributed by atoms with van der Waals surface area (Å²) in [5, 5.41) is 2.58. The van der Waals surface area contributed by atoms with E-state index in [-0.39, 0.29) is 23.5 Å². The van der Waals surface area contributed by atoms with Crippen LogP contribution in [0.1, 0.15) is 31.1 Å².